The summed E-state index contributed by atoms with van der Waals surface area (Å²) < 4.78 is 6.61. The van der Waals surface area contributed by atoms with Crippen molar-refractivity contribution in [2.45, 2.75) is 0 Å². The Labute approximate surface area is 181 Å². The molecule has 0 bridgehead atoms. The summed E-state index contributed by atoms with van der Waals surface area (Å²) in [6.45, 7) is 0. The van der Waals surface area contributed by atoms with E-state index in [1.54, 1.807) is 30.7 Å². The fraction of sp³-hybridized carbons (Fsp3) is 0. The molecule has 0 aliphatic heterocycles. The van der Waals surface area contributed by atoms with Crippen LogP contribution in [0.25, 0.3) is 27.9 Å². The number of rotatable bonds is 2. The molecule has 0 atom stereocenters. The normalized spacial score (nSPS) is 9.93. The quantitative estimate of drug-likeness (QED) is 0.240. The third kappa shape index (κ3) is 4.93. The fourth-order valence-corrected chi connectivity index (χ4v) is 2.61. The van der Waals surface area contributed by atoms with E-state index in [1.165, 1.54) is 4.68 Å². The maximum atomic E-state index is 11.7. The molecular formula is C23H15IrN3O2-2. The van der Waals surface area contributed by atoms with Gasteiger partial charge in [0, 0.05) is 44.3 Å². The topological polar surface area (TPSA) is 60.9 Å². The van der Waals surface area contributed by atoms with Crippen LogP contribution < -0.4 is 5.63 Å². The van der Waals surface area contributed by atoms with Crippen LogP contribution in [0.5, 0.6) is 0 Å². The van der Waals surface area contributed by atoms with Crippen molar-refractivity contribution in [1.82, 2.24) is 14.8 Å². The Morgan fingerprint density at radius 1 is 0.897 bits per heavy atom. The van der Waals surface area contributed by atoms with Gasteiger partial charge in [0.15, 0.2) is 0 Å². The summed E-state index contributed by atoms with van der Waals surface area (Å²) in [6.07, 6.45) is 5.07. The van der Waals surface area contributed by atoms with Crippen molar-refractivity contribution in [2.24, 2.45) is 0 Å². The third-order valence-corrected chi connectivity index (χ3v) is 3.92. The first-order valence-electron chi connectivity index (χ1n) is 8.64. The van der Waals surface area contributed by atoms with Crippen LogP contribution in [0.4, 0.5) is 0 Å². The summed E-state index contributed by atoms with van der Waals surface area (Å²) in [5.41, 5.74) is 2.39. The first-order valence-corrected chi connectivity index (χ1v) is 8.64. The maximum Gasteiger partial charge on any atom is 0.274 e. The van der Waals surface area contributed by atoms with Gasteiger partial charge < -0.3 is 14.2 Å². The molecule has 0 aliphatic rings. The Morgan fingerprint density at radius 3 is 2.45 bits per heavy atom. The number of hydrogen-bond donors (Lipinski definition) is 0. The molecule has 0 spiro atoms. The number of pyridine rings is 1. The van der Waals surface area contributed by atoms with Crippen molar-refractivity contribution in [3.63, 3.8) is 0 Å². The van der Waals surface area contributed by atoms with Gasteiger partial charge in [-0.05, 0) is 17.8 Å². The van der Waals surface area contributed by atoms with Crippen LogP contribution in [0.1, 0.15) is 0 Å². The van der Waals surface area contributed by atoms with Gasteiger partial charge in [-0.15, -0.1) is 59.5 Å². The summed E-state index contributed by atoms with van der Waals surface area (Å²) in [4.78, 5) is 15.9. The molecule has 0 saturated heterocycles. The van der Waals surface area contributed by atoms with Crippen molar-refractivity contribution in [2.75, 3.05) is 0 Å². The number of para-hydroxylation sites is 1. The molecule has 2 aromatic carbocycles. The number of aromatic nitrogens is 3. The molecule has 0 saturated carbocycles. The number of nitrogens with zero attached hydrogens (tertiary/aromatic N) is 3. The van der Waals surface area contributed by atoms with E-state index in [-0.39, 0.29) is 20.1 Å². The summed E-state index contributed by atoms with van der Waals surface area (Å²) in [6, 6.07) is 28.8. The largest absolute Gasteiger partial charge is 0.513 e. The van der Waals surface area contributed by atoms with Gasteiger partial charge in [-0.25, -0.2) is 0 Å². The van der Waals surface area contributed by atoms with Crippen LogP contribution in [0.15, 0.2) is 101 Å². The Balaban J connectivity index is 0.000000167. The molecule has 0 unspecified atom stereocenters. The zero-order chi connectivity index (χ0) is 19.2. The van der Waals surface area contributed by atoms with Gasteiger partial charge in [0.05, 0.1) is 5.69 Å². The maximum absolute atomic E-state index is 11.7. The summed E-state index contributed by atoms with van der Waals surface area (Å²) in [7, 11) is 0. The van der Waals surface area contributed by atoms with Gasteiger partial charge in [-0.3, -0.25) is 4.68 Å². The van der Waals surface area contributed by atoms with Crippen LogP contribution >= 0.6 is 0 Å². The van der Waals surface area contributed by atoms with E-state index in [4.69, 9.17) is 4.42 Å². The Kier molecular flexibility index (Phi) is 6.84. The zero-order valence-corrected chi connectivity index (χ0v) is 17.5. The van der Waals surface area contributed by atoms with Crippen molar-refractivity contribution < 1.29 is 24.5 Å². The summed E-state index contributed by atoms with van der Waals surface area (Å²) in [5, 5.41) is 4.74. The van der Waals surface area contributed by atoms with Gasteiger partial charge in [0.2, 0.25) is 0 Å². The summed E-state index contributed by atoms with van der Waals surface area (Å²) >= 11 is 0. The number of fused-ring (bicyclic) bond motifs is 1. The van der Waals surface area contributed by atoms with E-state index in [0.29, 0.717) is 11.3 Å². The molecule has 0 amide bonds. The molecule has 145 valence electrons. The van der Waals surface area contributed by atoms with Crippen LogP contribution in [-0.2, 0) is 20.1 Å². The van der Waals surface area contributed by atoms with Crippen LogP contribution in [0.3, 0.4) is 0 Å². The van der Waals surface area contributed by atoms with Gasteiger partial charge in [0.25, 0.3) is 5.63 Å². The predicted octanol–water partition coefficient (Wildman–Crippen LogP) is 4.33. The van der Waals surface area contributed by atoms with Crippen molar-refractivity contribution in [3.05, 3.63) is 114 Å². The molecule has 0 N–H and O–H groups in total. The monoisotopic (exact) mass is 558 g/mol. The third-order valence-electron chi connectivity index (χ3n) is 3.92. The Bertz CT molecular complexity index is 1180. The average Bonchev–Trinajstić information content (AvgIpc) is 3.30. The van der Waals surface area contributed by atoms with Crippen molar-refractivity contribution in [1.29, 1.82) is 0 Å². The standard InChI is InChI=1S/C12H7N2O2.C11H8N.Ir/c15-12-10(14-7-3-6-13-14)8-9-4-1-2-5-11(9)16-12;1-2-6-10(7-3-1)11-8-4-5-9-12-11;/h1-7H;1-6,8-9H;/q2*-1;. The van der Waals surface area contributed by atoms with Crippen molar-refractivity contribution in [3.8, 4) is 16.9 Å². The van der Waals surface area contributed by atoms with E-state index >= 15 is 0 Å². The first kappa shape index (κ1) is 20.4. The van der Waals surface area contributed by atoms with Gasteiger partial charge >= 0.3 is 0 Å². The zero-order valence-electron chi connectivity index (χ0n) is 15.2. The average molecular weight is 558 g/mol. The number of hydrogen-bond acceptors (Lipinski definition) is 4. The van der Waals surface area contributed by atoms with Gasteiger partial charge in [0.1, 0.15) is 0 Å². The molecule has 1 radical (unpaired) electrons. The Hall–Kier alpha value is -3.34. The van der Waals surface area contributed by atoms with E-state index < -0.39 is 5.63 Å². The molecule has 5 aromatic rings. The minimum Gasteiger partial charge on any atom is -0.513 e. The van der Waals surface area contributed by atoms with Gasteiger partial charge in [-0.2, -0.15) is 5.10 Å². The van der Waals surface area contributed by atoms with Gasteiger partial charge in [-0.1, -0.05) is 24.3 Å². The van der Waals surface area contributed by atoms with Crippen LogP contribution in [0, 0.1) is 12.1 Å². The fourth-order valence-electron chi connectivity index (χ4n) is 2.61. The number of benzene rings is 2. The Morgan fingerprint density at radius 2 is 1.72 bits per heavy atom. The molecule has 5 rings (SSSR count). The second kappa shape index (κ2) is 9.73. The van der Waals surface area contributed by atoms with E-state index in [9.17, 15) is 4.79 Å². The van der Waals surface area contributed by atoms with Crippen LogP contribution in [0.2, 0.25) is 0 Å². The second-order valence-electron chi connectivity index (χ2n) is 5.80. The SMILES string of the molecule is O=c1oc2ccccc2[c-]c1-n1cccn1.[Ir].[c-]1ccccc1-c1ccccn1. The minimum absolute atomic E-state index is 0. The van der Waals surface area contributed by atoms with E-state index in [2.05, 4.69) is 22.2 Å². The minimum atomic E-state index is -0.442. The molecule has 3 aromatic heterocycles. The van der Waals surface area contributed by atoms with E-state index in [0.717, 1.165) is 16.6 Å². The molecule has 6 heteroatoms. The molecule has 0 aliphatic carbocycles. The summed E-state index contributed by atoms with van der Waals surface area (Å²) in [5.74, 6) is 0. The molecule has 5 nitrogen and oxygen atoms in total. The van der Waals surface area contributed by atoms with E-state index in [1.807, 2.05) is 60.7 Å². The second-order valence-corrected chi connectivity index (χ2v) is 5.80. The molecule has 3 heterocycles. The smallest absolute Gasteiger partial charge is 0.274 e. The molecule has 29 heavy (non-hydrogen) atoms. The molecular weight excluding hydrogens is 542 g/mol. The molecule has 0 fully saturated rings. The van der Waals surface area contributed by atoms with Crippen molar-refractivity contribution >= 4 is 11.0 Å². The predicted molar refractivity (Wildman–Crippen MR) is 107 cm³/mol. The van der Waals surface area contributed by atoms with Crippen LogP contribution in [-0.4, -0.2) is 14.8 Å². The first-order chi connectivity index (χ1) is 13.8.